The second-order valence-corrected chi connectivity index (χ2v) is 4.03. The predicted molar refractivity (Wildman–Crippen MR) is 43.1 cm³/mol. The van der Waals surface area contributed by atoms with Crippen LogP contribution in [0.2, 0.25) is 0 Å². The van der Waals surface area contributed by atoms with E-state index < -0.39 is 0 Å². The summed E-state index contributed by atoms with van der Waals surface area (Å²) in [5.41, 5.74) is 0. The van der Waals surface area contributed by atoms with Gasteiger partial charge in [0.05, 0.1) is 7.11 Å². The largest absolute Gasteiger partial charge is 0.468 e. The fourth-order valence-corrected chi connectivity index (χ4v) is 0.703. The lowest BCUT2D eigenvalue weighted by Gasteiger charge is -2.07. The Morgan fingerprint density at radius 3 is 2.11 bits per heavy atom. The fraction of sp³-hybridized carbons (Fsp3) is 0.800. The zero-order chi connectivity index (χ0) is 7.44. The highest BCUT2D eigenvalue weighted by Crippen LogP contribution is 2.14. The second kappa shape index (κ2) is 4.28. The standard InChI is InChI=1S/C5H8Br2O2/c1-3(6)4(7)5(8)9-2/h3-4H,1-2H3/t3-,4+/m0/s1. The Morgan fingerprint density at radius 1 is 1.56 bits per heavy atom. The maximum absolute atomic E-state index is 10.7. The third-order valence-corrected chi connectivity index (χ3v) is 3.23. The third-order valence-electron chi connectivity index (χ3n) is 0.830. The first kappa shape index (κ1) is 9.43. The summed E-state index contributed by atoms with van der Waals surface area (Å²) in [6.45, 7) is 1.87. The molecule has 0 N–H and O–H groups in total. The van der Waals surface area contributed by atoms with Crippen molar-refractivity contribution in [3.63, 3.8) is 0 Å². The summed E-state index contributed by atoms with van der Waals surface area (Å²) in [5.74, 6) is -0.251. The number of carbonyl (C=O) groups excluding carboxylic acids is 1. The van der Waals surface area contributed by atoms with E-state index in [4.69, 9.17) is 0 Å². The van der Waals surface area contributed by atoms with Gasteiger partial charge in [-0.3, -0.25) is 4.79 Å². The minimum Gasteiger partial charge on any atom is -0.468 e. The summed E-state index contributed by atoms with van der Waals surface area (Å²) in [7, 11) is 1.37. The van der Waals surface area contributed by atoms with Crippen molar-refractivity contribution in [2.24, 2.45) is 0 Å². The Hall–Kier alpha value is 0.430. The summed E-state index contributed by atoms with van der Waals surface area (Å²) in [5, 5.41) is 0. The maximum atomic E-state index is 10.7. The molecule has 0 aromatic rings. The van der Waals surface area contributed by atoms with Crippen LogP contribution in [0.1, 0.15) is 6.92 Å². The van der Waals surface area contributed by atoms with Crippen molar-refractivity contribution in [1.82, 2.24) is 0 Å². The summed E-state index contributed by atoms with van der Waals surface area (Å²) in [6.07, 6.45) is 0. The van der Waals surface area contributed by atoms with Crippen LogP contribution in [0.4, 0.5) is 0 Å². The maximum Gasteiger partial charge on any atom is 0.320 e. The quantitative estimate of drug-likeness (QED) is 0.558. The van der Waals surface area contributed by atoms with Crippen molar-refractivity contribution >= 4 is 37.8 Å². The first-order valence-corrected chi connectivity index (χ1v) is 4.28. The van der Waals surface area contributed by atoms with Gasteiger partial charge in [-0.2, -0.15) is 0 Å². The van der Waals surface area contributed by atoms with Gasteiger partial charge in [0, 0.05) is 4.83 Å². The van der Waals surface area contributed by atoms with E-state index >= 15 is 0 Å². The van der Waals surface area contributed by atoms with E-state index in [1.165, 1.54) is 7.11 Å². The van der Waals surface area contributed by atoms with Crippen LogP contribution in [0.15, 0.2) is 0 Å². The summed E-state index contributed by atoms with van der Waals surface area (Å²) >= 11 is 6.38. The molecule has 0 fully saturated rings. The first-order chi connectivity index (χ1) is 4.09. The molecule has 0 aliphatic carbocycles. The van der Waals surface area contributed by atoms with Gasteiger partial charge in [0.1, 0.15) is 4.83 Å². The molecule has 4 heteroatoms. The molecule has 0 bridgehead atoms. The molecule has 2 nitrogen and oxygen atoms in total. The molecule has 0 aromatic heterocycles. The molecule has 0 unspecified atom stereocenters. The highest BCUT2D eigenvalue weighted by atomic mass is 79.9. The van der Waals surface area contributed by atoms with Crippen molar-refractivity contribution < 1.29 is 9.53 Å². The van der Waals surface area contributed by atoms with Crippen LogP contribution in [0.3, 0.4) is 0 Å². The second-order valence-electron chi connectivity index (χ2n) is 1.60. The molecule has 0 radical (unpaired) electrons. The Kier molecular flexibility index (Phi) is 4.48. The van der Waals surface area contributed by atoms with Crippen molar-refractivity contribution in [3.8, 4) is 0 Å². The topological polar surface area (TPSA) is 26.3 Å². The molecule has 0 heterocycles. The molecule has 0 aromatic carbocycles. The van der Waals surface area contributed by atoms with E-state index in [-0.39, 0.29) is 15.6 Å². The van der Waals surface area contributed by atoms with Gasteiger partial charge in [0.2, 0.25) is 0 Å². The van der Waals surface area contributed by atoms with Gasteiger partial charge in [0.25, 0.3) is 0 Å². The molecule has 0 amide bonds. The van der Waals surface area contributed by atoms with Crippen LogP contribution < -0.4 is 0 Å². The molecule has 0 saturated heterocycles. The normalized spacial score (nSPS) is 16.4. The van der Waals surface area contributed by atoms with Crippen molar-refractivity contribution in [2.45, 2.75) is 16.6 Å². The van der Waals surface area contributed by atoms with Crippen LogP contribution in [-0.4, -0.2) is 22.7 Å². The van der Waals surface area contributed by atoms with E-state index in [1.807, 2.05) is 6.92 Å². The zero-order valence-corrected chi connectivity index (χ0v) is 8.40. The average molecular weight is 260 g/mol. The average Bonchev–Trinajstić information content (AvgIpc) is 1.84. The summed E-state index contributed by atoms with van der Waals surface area (Å²) in [6, 6.07) is 0. The van der Waals surface area contributed by atoms with E-state index in [0.717, 1.165) is 0 Å². The molecular weight excluding hydrogens is 252 g/mol. The molecule has 9 heavy (non-hydrogen) atoms. The van der Waals surface area contributed by atoms with Gasteiger partial charge < -0.3 is 4.74 Å². The molecule has 54 valence electrons. The summed E-state index contributed by atoms with van der Waals surface area (Å²) in [4.78, 5) is 10.5. The van der Waals surface area contributed by atoms with Crippen molar-refractivity contribution in [2.75, 3.05) is 7.11 Å². The molecule has 0 spiro atoms. The number of carbonyl (C=O) groups is 1. The summed E-state index contributed by atoms with van der Waals surface area (Å²) < 4.78 is 4.46. The number of methoxy groups -OCH3 is 1. The Labute approximate surface area is 71.2 Å². The van der Waals surface area contributed by atoms with E-state index in [9.17, 15) is 4.79 Å². The van der Waals surface area contributed by atoms with Gasteiger partial charge in [-0.25, -0.2) is 0 Å². The molecule has 0 aliphatic rings. The number of ether oxygens (including phenoxy) is 1. The SMILES string of the molecule is COC(=O)[C@H](Br)[C@H](C)Br. The monoisotopic (exact) mass is 258 g/mol. The smallest absolute Gasteiger partial charge is 0.320 e. The minimum atomic E-state index is -0.251. The Bertz CT molecular complexity index is 103. The Morgan fingerprint density at radius 2 is 2.00 bits per heavy atom. The Balaban J connectivity index is 3.72. The van der Waals surface area contributed by atoms with E-state index in [1.54, 1.807) is 0 Å². The van der Waals surface area contributed by atoms with Crippen LogP contribution >= 0.6 is 31.9 Å². The van der Waals surface area contributed by atoms with Gasteiger partial charge in [-0.15, -0.1) is 0 Å². The molecule has 2 atom stereocenters. The lowest BCUT2D eigenvalue weighted by molar-refractivity contribution is -0.139. The highest BCUT2D eigenvalue weighted by molar-refractivity contribution is 9.12. The van der Waals surface area contributed by atoms with E-state index in [2.05, 4.69) is 36.6 Å². The molecular formula is C5H8Br2O2. The number of halogens is 2. The number of rotatable bonds is 2. The van der Waals surface area contributed by atoms with Gasteiger partial charge in [-0.1, -0.05) is 38.8 Å². The van der Waals surface area contributed by atoms with Crippen molar-refractivity contribution in [3.05, 3.63) is 0 Å². The number of hydrogen-bond donors (Lipinski definition) is 0. The van der Waals surface area contributed by atoms with Crippen molar-refractivity contribution in [1.29, 1.82) is 0 Å². The predicted octanol–water partition coefficient (Wildman–Crippen LogP) is 1.71. The van der Waals surface area contributed by atoms with Crippen LogP contribution in [0.5, 0.6) is 0 Å². The minimum absolute atomic E-state index is 0.102. The molecule has 0 aliphatic heterocycles. The van der Waals surface area contributed by atoms with Crippen LogP contribution in [-0.2, 0) is 9.53 Å². The van der Waals surface area contributed by atoms with Gasteiger partial charge >= 0.3 is 5.97 Å². The van der Waals surface area contributed by atoms with Gasteiger partial charge in [-0.05, 0) is 0 Å². The fourth-order valence-electron chi connectivity index (χ4n) is 0.300. The number of alkyl halides is 2. The molecule has 0 saturated carbocycles. The first-order valence-electron chi connectivity index (χ1n) is 2.45. The lowest BCUT2D eigenvalue weighted by atomic mass is 10.3. The highest BCUT2D eigenvalue weighted by Gasteiger charge is 2.19. The van der Waals surface area contributed by atoms with Crippen LogP contribution in [0.25, 0.3) is 0 Å². The zero-order valence-electron chi connectivity index (χ0n) is 5.23. The van der Waals surface area contributed by atoms with Crippen LogP contribution in [0, 0.1) is 0 Å². The lowest BCUT2D eigenvalue weighted by Crippen LogP contribution is -2.22. The van der Waals surface area contributed by atoms with Gasteiger partial charge in [0.15, 0.2) is 0 Å². The number of esters is 1. The number of hydrogen-bond acceptors (Lipinski definition) is 2. The molecule has 0 rings (SSSR count). The third kappa shape index (κ3) is 3.20. The van der Waals surface area contributed by atoms with E-state index in [0.29, 0.717) is 0 Å².